The molecule has 2 amide bonds. The van der Waals surface area contributed by atoms with Crippen molar-refractivity contribution in [2.45, 2.75) is 13.3 Å². The molecule has 3 nitrogen and oxygen atoms in total. The van der Waals surface area contributed by atoms with Crippen molar-refractivity contribution in [2.24, 2.45) is 0 Å². The van der Waals surface area contributed by atoms with E-state index in [4.69, 9.17) is 0 Å². The van der Waals surface area contributed by atoms with Crippen LogP contribution < -0.4 is 5.32 Å². The van der Waals surface area contributed by atoms with Crippen molar-refractivity contribution in [1.29, 1.82) is 0 Å². The largest absolute Gasteiger partial charge is 0.331 e. The van der Waals surface area contributed by atoms with Gasteiger partial charge in [0.25, 0.3) is 0 Å². The number of rotatable bonds is 2. The second kappa shape index (κ2) is 4.65. The number of hydrogen-bond acceptors (Lipinski definition) is 1. The van der Waals surface area contributed by atoms with E-state index < -0.39 is 0 Å². The Labute approximate surface area is 84.7 Å². The molecule has 0 aliphatic heterocycles. The summed E-state index contributed by atoms with van der Waals surface area (Å²) in [5.74, 6) is 0. The van der Waals surface area contributed by atoms with Crippen LogP contribution in [0.2, 0.25) is 0 Å². The number of amides is 2. The molecule has 1 N–H and O–H groups in total. The van der Waals surface area contributed by atoms with Crippen LogP contribution in [0.3, 0.4) is 0 Å². The minimum Gasteiger partial charge on any atom is -0.331 e. The minimum absolute atomic E-state index is 0.0918. The lowest BCUT2D eigenvalue weighted by Gasteiger charge is -2.14. The Bertz CT molecular complexity index is 321. The van der Waals surface area contributed by atoms with Gasteiger partial charge in [0.2, 0.25) is 0 Å². The predicted molar refractivity (Wildman–Crippen MR) is 58.5 cm³/mol. The van der Waals surface area contributed by atoms with Gasteiger partial charge in [0, 0.05) is 19.8 Å². The molecular weight excluding hydrogens is 176 g/mol. The minimum atomic E-state index is -0.0918. The lowest BCUT2D eigenvalue weighted by molar-refractivity contribution is 0.230. The maximum absolute atomic E-state index is 11.4. The summed E-state index contributed by atoms with van der Waals surface area (Å²) in [4.78, 5) is 12.9. The van der Waals surface area contributed by atoms with Crippen LogP contribution in [0.1, 0.15) is 12.5 Å². The van der Waals surface area contributed by atoms with Gasteiger partial charge in [0.05, 0.1) is 0 Å². The molecule has 0 bridgehead atoms. The average molecular weight is 192 g/mol. The van der Waals surface area contributed by atoms with Crippen LogP contribution in [0.4, 0.5) is 10.5 Å². The monoisotopic (exact) mass is 192 g/mol. The zero-order valence-corrected chi connectivity index (χ0v) is 8.87. The molecule has 1 aromatic rings. The van der Waals surface area contributed by atoms with Gasteiger partial charge in [-0.15, -0.1) is 0 Å². The first-order valence-corrected chi connectivity index (χ1v) is 4.71. The number of para-hydroxylation sites is 1. The number of anilines is 1. The summed E-state index contributed by atoms with van der Waals surface area (Å²) in [7, 11) is 3.45. The molecule has 1 aromatic carbocycles. The van der Waals surface area contributed by atoms with Crippen molar-refractivity contribution in [2.75, 3.05) is 19.4 Å². The van der Waals surface area contributed by atoms with E-state index in [1.54, 1.807) is 14.1 Å². The Morgan fingerprint density at radius 1 is 1.36 bits per heavy atom. The van der Waals surface area contributed by atoms with Crippen LogP contribution in [0.15, 0.2) is 24.3 Å². The molecular formula is C11H16N2O. The molecule has 0 unspecified atom stereocenters. The van der Waals surface area contributed by atoms with Gasteiger partial charge in [-0.2, -0.15) is 0 Å². The molecule has 0 fully saturated rings. The van der Waals surface area contributed by atoms with Gasteiger partial charge >= 0.3 is 6.03 Å². The van der Waals surface area contributed by atoms with Gasteiger partial charge in [0.1, 0.15) is 0 Å². The molecule has 14 heavy (non-hydrogen) atoms. The molecule has 3 heteroatoms. The molecule has 0 aliphatic carbocycles. The summed E-state index contributed by atoms with van der Waals surface area (Å²) in [5.41, 5.74) is 2.05. The highest BCUT2D eigenvalue weighted by atomic mass is 16.2. The summed E-state index contributed by atoms with van der Waals surface area (Å²) in [6.07, 6.45) is 0.921. The Hall–Kier alpha value is -1.51. The fraction of sp³-hybridized carbons (Fsp3) is 0.364. The third-order valence-electron chi connectivity index (χ3n) is 2.05. The third kappa shape index (κ3) is 2.49. The second-order valence-electron chi connectivity index (χ2n) is 3.34. The number of carbonyl (C=O) groups is 1. The van der Waals surface area contributed by atoms with Gasteiger partial charge < -0.3 is 10.2 Å². The quantitative estimate of drug-likeness (QED) is 0.766. The molecule has 1 rings (SSSR count). The summed E-state index contributed by atoms with van der Waals surface area (Å²) in [6, 6.07) is 7.74. The summed E-state index contributed by atoms with van der Waals surface area (Å²) in [5, 5.41) is 2.85. The number of benzene rings is 1. The van der Waals surface area contributed by atoms with Gasteiger partial charge in [-0.25, -0.2) is 4.79 Å². The molecule has 0 heterocycles. The first kappa shape index (κ1) is 10.6. The SMILES string of the molecule is CCc1ccccc1NC(=O)N(C)C. The molecule has 76 valence electrons. The Morgan fingerprint density at radius 2 is 2.00 bits per heavy atom. The normalized spacial score (nSPS) is 9.64. The average Bonchev–Trinajstić information content (AvgIpc) is 2.18. The van der Waals surface area contributed by atoms with Crippen molar-refractivity contribution in [3.05, 3.63) is 29.8 Å². The van der Waals surface area contributed by atoms with Crippen molar-refractivity contribution in [3.63, 3.8) is 0 Å². The number of nitrogens with zero attached hydrogens (tertiary/aromatic N) is 1. The summed E-state index contributed by atoms with van der Waals surface area (Å²) >= 11 is 0. The number of urea groups is 1. The molecule has 0 saturated heterocycles. The van der Waals surface area contributed by atoms with E-state index in [2.05, 4.69) is 12.2 Å². The highest BCUT2D eigenvalue weighted by molar-refractivity contribution is 5.89. The molecule has 0 aromatic heterocycles. The van der Waals surface area contributed by atoms with Crippen LogP contribution in [-0.2, 0) is 6.42 Å². The Morgan fingerprint density at radius 3 is 2.57 bits per heavy atom. The number of nitrogens with one attached hydrogen (secondary N) is 1. The van der Waals surface area contributed by atoms with Crippen molar-refractivity contribution in [3.8, 4) is 0 Å². The summed E-state index contributed by atoms with van der Waals surface area (Å²) < 4.78 is 0. The molecule has 0 spiro atoms. The van der Waals surface area contributed by atoms with Crippen molar-refractivity contribution < 1.29 is 4.79 Å². The zero-order chi connectivity index (χ0) is 10.6. The highest BCUT2D eigenvalue weighted by Gasteiger charge is 2.05. The van der Waals surface area contributed by atoms with E-state index in [-0.39, 0.29) is 6.03 Å². The molecule has 0 saturated carbocycles. The van der Waals surface area contributed by atoms with E-state index in [1.807, 2.05) is 24.3 Å². The first-order chi connectivity index (χ1) is 6.65. The van der Waals surface area contributed by atoms with E-state index in [9.17, 15) is 4.79 Å². The number of aryl methyl sites for hydroxylation is 1. The van der Waals surface area contributed by atoms with Crippen LogP contribution in [0, 0.1) is 0 Å². The van der Waals surface area contributed by atoms with E-state index >= 15 is 0 Å². The van der Waals surface area contributed by atoms with Crippen molar-refractivity contribution in [1.82, 2.24) is 4.90 Å². The standard InChI is InChI=1S/C11H16N2O/c1-4-9-7-5-6-8-10(9)12-11(14)13(2)3/h5-8H,4H2,1-3H3,(H,12,14). The predicted octanol–water partition coefficient (Wildman–Crippen LogP) is 2.34. The first-order valence-electron chi connectivity index (χ1n) is 4.71. The molecule has 0 aliphatic rings. The van der Waals surface area contributed by atoms with E-state index in [0.29, 0.717) is 0 Å². The Kier molecular flexibility index (Phi) is 3.51. The molecule has 0 radical (unpaired) electrons. The Balaban J connectivity index is 2.80. The maximum Gasteiger partial charge on any atom is 0.321 e. The van der Waals surface area contributed by atoms with Gasteiger partial charge in [-0.1, -0.05) is 25.1 Å². The van der Waals surface area contributed by atoms with Crippen LogP contribution >= 0.6 is 0 Å². The van der Waals surface area contributed by atoms with Gasteiger partial charge in [-0.05, 0) is 18.1 Å². The van der Waals surface area contributed by atoms with Crippen LogP contribution in [-0.4, -0.2) is 25.0 Å². The summed E-state index contributed by atoms with van der Waals surface area (Å²) in [6.45, 7) is 2.07. The van der Waals surface area contributed by atoms with Crippen LogP contribution in [0.25, 0.3) is 0 Å². The van der Waals surface area contributed by atoms with Gasteiger partial charge in [-0.3, -0.25) is 0 Å². The van der Waals surface area contributed by atoms with Crippen molar-refractivity contribution >= 4 is 11.7 Å². The fourth-order valence-electron chi connectivity index (χ4n) is 1.18. The lowest BCUT2D eigenvalue weighted by atomic mass is 10.1. The number of hydrogen-bond donors (Lipinski definition) is 1. The topological polar surface area (TPSA) is 32.3 Å². The number of carbonyl (C=O) groups excluding carboxylic acids is 1. The maximum atomic E-state index is 11.4. The lowest BCUT2D eigenvalue weighted by Crippen LogP contribution is -2.27. The third-order valence-corrected chi connectivity index (χ3v) is 2.05. The smallest absolute Gasteiger partial charge is 0.321 e. The van der Waals surface area contributed by atoms with Gasteiger partial charge in [0.15, 0.2) is 0 Å². The fourth-order valence-corrected chi connectivity index (χ4v) is 1.18. The molecule has 0 atom stereocenters. The van der Waals surface area contributed by atoms with E-state index in [1.165, 1.54) is 4.90 Å². The van der Waals surface area contributed by atoms with Crippen LogP contribution in [0.5, 0.6) is 0 Å². The zero-order valence-electron chi connectivity index (χ0n) is 8.87. The highest BCUT2D eigenvalue weighted by Crippen LogP contribution is 2.15. The van der Waals surface area contributed by atoms with E-state index in [0.717, 1.165) is 17.7 Å². The second-order valence-corrected chi connectivity index (χ2v) is 3.34.